The molecule has 0 amide bonds. The molecule has 1 aliphatic rings. The van der Waals surface area contributed by atoms with E-state index in [1.54, 1.807) is 19.9 Å². The van der Waals surface area contributed by atoms with Crippen molar-refractivity contribution in [1.82, 2.24) is 4.72 Å². The van der Waals surface area contributed by atoms with Gasteiger partial charge in [0, 0.05) is 18.3 Å². The van der Waals surface area contributed by atoms with Crippen LogP contribution >= 0.6 is 0 Å². The van der Waals surface area contributed by atoms with Crippen molar-refractivity contribution in [2.75, 3.05) is 12.3 Å². The van der Waals surface area contributed by atoms with E-state index in [4.69, 9.17) is 5.73 Å². The molecule has 0 aliphatic heterocycles. The third-order valence-corrected chi connectivity index (χ3v) is 6.31. The number of nitrogen functional groups attached to an aromatic ring is 1. The minimum Gasteiger partial charge on any atom is -0.398 e. The van der Waals surface area contributed by atoms with Gasteiger partial charge >= 0.3 is 0 Å². The van der Waals surface area contributed by atoms with Crippen LogP contribution < -0.4 is 10.5 Å². The highest BCUT2D eigenvalue weighted by atomic mass is 32.2. The third kappa shape index (κ3) is 3.07. The summed E-state index contributed by atoms with van der Waals surface area (Å²) in [6.45, 7) is 5.40. The van der Waals surface area contributed by atoms with Crippen LogP contribution in [0.2, 0.25) is 0 Å². The summed E-state index contributed by atoms with van der Waals surface area (Å²) in [5.74, 6) is 0.00235. The molecule has 0 radical (unpaired) electrons. The Morgan fingerprint density at radius 1 is 1.29 bits per heavy atom. The second-order valence-corrected chi connectivity index (χ2v) is 7.61. The molecule has 1 aromatic carbocycles. The molecule has 2 atom stereocenters. The van der Waals surface area contributed by atoms with E-state index in [1.165, 1.54) is 0 Å². The highest BCUT2D eigenvalue weighted by Gasteiger charge is 2.32. The normalized spacial score (nSPS) is 22.7. The standard InChI is InChI=1S/C15H24N2O3S/c1-9-7-13(16)11(3)15(10(9)2)21(19,20)17-14-6-4-5-12(14)8-18/h7,12,14,17-18H,4-6,8,16H2,1-3H3. The summed E-state index contributed by atoms with van der Waals surface area (Å²) < 4.78 is 28.3. The molecule has 5 nitrogen and oxygen atoms in total. The zero-order valence-electron chi connectivity index (χ0n) is 12.8. The summed E-state index contributed by atoms with van der Waals surface area (Å²) >= 11 is 0. The van der Waals surface area contributed by atoms with Gasteiger partial charge in [0.25, 0.3) is 0 Å². The van der Waals surface area contributed by atoms with Crippen LogP contribution in [0, 0.1) is 26.7 Å². The topological polar surface area (TPSA) is 92.4 Å². The van der Waals surface area contributed by atoms with Gasteiger partial charge in [-0.1, -0.05) is 6.42 Å². The van der Waals surface area contributed by atoms with Crippen molar-refractivity contribution >= 4 is 15.7 Å². The summed E-state index contributed by atoms with van der Waals surface area (Å²) in [6, 6.07) is 1.61. The van der Waals surface area contributed by atoms with Crippen molar-refractivity contribution in [3.05, 3.63) is 22.8 Å². The Balaban J connectivity index is 2.41. The molecule has 1 aromatic rings. The lowest BCUT2D eigenvalue weighted by molar-refractivity contribution is 0.213. The predicted octanol–water partition coefficient (Wildman–Crippen LogP) is 1.63. The fourth-order valence-electron chi connectivity index (χ4n) is 3.11. The van der Waals surface area contributed by atoms with E-state index in [9.17, 15) is 13.5 Å². The zero-order valence-corrected chi connectivity index (χ0v) is 13.6. The number of nitrogens with one attached hydrogen (secondary N) is 1. The van der Waals surface area contributed by atoms with Gasteiger partial charge in [0.15, 0.2) is 0 Å². The second kappa shape index (κ2) is 5.94. The molecule has 6 heteroatoms. The van der Waals surface area contributed by atoms with Crippen LogP contribution in [-0.2, 0) is 10.0 Å². The molecule has 2 rings (SSSR count). The van der Waals surface area contributed by atoms with Gasteiger partial charge in [-0.3, -0.25) is 0 Å². The van der Waals surface area contributed by atoms with Gasteiger partial charge in [0.05, 0.1) is 4.90 Å². The second-order valence-electron chi connectivity index (χ2n) is 5.96. The number of rotatable bonds is 4. The van der Waals surface area contributed by atoms with Crippen molar-refractivity contribution in [3.8, 4) is 0 Å². The first-order valence-electron chi connectivity index (χ1n) is 7.27. The monoisotopic (exact) mass is 312 g/mol. The molecule has 1 saturated carbocycles. The van der Waals surface area contributed by atoms with E-state index in [1.807, 2.05) is 6.92 Å². The van der Waals surface area contributed by atoms with Crippen molar-refractivity contribution < 1.29 is 13.5 Å². The van der Waals surface area contributed by atoms with Crippen LogP contribution in [0.15, 0.2) is 11.0 Å². The fraction of sp³-hybridized carbons (Fsp3) is 0.600. The van der Waals surface area contributed by atoms with Gasteiger partial charge in [0.1, 0.15) is 0 Å². The molecule has 2 unspecified atom stereocenters. The molecule has 0 bridgehead atoms. The lowest BCUT2D eigenvalue weighted by atomic mass is 10.1. The first-order valence-corrected chi connectivity index (χ1v) is 8.75. The maximum atomic E-state index is 12.7. The van der Waals surface area contributed by atoms with Crippen molar-refractivity contribution in [2.45, 2.75) is 51.0 Å². The van der Waals surface area contributed by atoms with E-state index in [2.05, 4.69) is 4.72 Å². The largest absolute Gasteiger partial charge is 0.398 e. The fourth-order valence-corrected chi connectivity index (χ4v) is 5.02. The van der Waals surface area contributed by atoms with E-state index in [-0.39, 0.29) is 23.5 Å². The van der Waals surface area contributed by atoms with E-state index >= 15 is 0 Å². The number of sulfonamides is 1. The van der Waals surface area contributed by atoms with Crippen molar-refractivity contribution in [1.29, 1.82) is 0 Å². The Bertz CT molecular complexity index is 615. The minimum absolute atomic E-state index is 0.00235. The van der Waals surface area contributed by atoms with Crippen LogP contribution in [0.3, 0.4) is 0 Å². The summed E-state index contributed by atoms with van der Waals surface area (Å²) in [5.41, 5.74) is 8.59. The molecule has 0 spiro atoms. The van der Waals surface area contributed by atoms with Gasteiger partial charge < -0.3 is 10.8 Å². The van der Waals surface area contributed by atoms with Crippen LogP contribution in [0.25, 0.3) is 0 Å². The highest BCUT2D eigenvalue weighted by Crippen LogP contribution is 2.31. The SMILES string of the molecule is Cc1cc(N)c(C)c(S(=O)(=O)NC2CCCC2CO)c1C. The first kappa shape index (κ1) is 16.3. The summed E-state index contributed by atoms with van der Waals surface area (Å²) in [7, 11) is -3.63. The Labute approximate surface area is 126 Å². The van der Waals surface area contributed by atoms with Crippen LogP contribution in [0.5, 0.6) is 0 Å². The molecule has 0 heterocycles. The molecule has 118 valence electrons. The van der Waals surface area contributed by atoms with Crippen LogP contribution in [0.4, 0.5) is 5.69 Å². The molecular formula is C15H24N2O3S. The van der Waals surface area contributed by atoms with Gasteiger partial charge in [-0.15, -0.1) is 0 Å². The Kier molecular flexibility index (Phi) is 4.60. The maximum Gasteiger partial charge on any atom is 0.241 e. The number of hydrogen-bond donors (Lipinski definition) is 3. The van der Waals surface area contributed by atoms with Crippen LogP contribution in [0.1, 0.15) is 36.0 Å². The number of aryl methyl sites for hydroxylation is 1. The average molecular weight is 312 g/mol. The van der Waals surface area contributed by atoms with E-state index < -0.39 is 10.0 Å². The molecular weight excluding hydrogens is 288 g/mol. The average Bonchev–Trinajstić information content (AvgIpc) is 2.82. The van der Waals surface area contributed by atoms with E-state index in [0.29, 0.717) is 11.3 Å². The number of aliphatic hydroxyl groups is 1. The van der Waals surface area contributed by atoms with Gasteiger partial charge in [-0.25, -0.2) is 13.1 Å². The lowest BCUT2D eigenvalue weighted by Crippen LogP contribution is -2.39. The molecule has 1 aliphatic carbocycles. The Hall–Kier alpha value is -1.11. The smallest absolute Gasteiger partial charge is 0.241 e. The number of hydrogen-bond acceptors (Lipinski definition) is 4. The first-order chi connectivity index (χ1) is 9.77. The van der Waals surface area contributed by atoms with Crippen molar-refractivity contribution in [2.24, 2.45) is 5.92 Å². The molecule has 4 N–H and O–H groups in total. The van der Waals surface area contributed by atoms with Gasteiger partial charge in [-0.2, -0.15) is 0 Å². The van der Waals surface area contributed by atoms with Crippen LogP contribution in [-0.4, -0.2) is 26.2 Å². The quantitative estimate of drug-likeness (QED) is 0.737. The third-order valence-electron chi connectivity index (χ3n) is 4.55. The van der Waals surface area contributed by atoms with Gasteiger partial charge in [-0.05, 0) is 62.3 Å². The minimum atomic E-state index is -3.63. The molecule has 0 aromatic heterocycles. The van der Waals surface area contributed by atoms with Crippen molar-refractivity contribution in [3.63, 3.8) is 0 Å². The number of anilines is 1. The zero-order chi connectivity index (χ0) is 15.8. The molecule has 21 heavy (non-hydrogen) atoms. The maximum absolute atomic E-state index is 12.7. The molecule has 1 fully saturated rings. The number of benzene rings is 1. The highest BCUT2D eigenvalue weighted by molar-refractivity contribution is 7.89. The number of aliphatic hydroxyl groups excluding tert-OH is 1. The Morgan fingerprint density at radius 3 is 2.57 bits per heavy atom. The van der Waals surface area contributed by atoms with E-state index in [0.717, 1.165) is 30.4 Å². The summed E-state index contributed by atoms with van der Waals surface area (Å²) in [4.78, 5) is 0.281. The predicted molar refractivity (Wildman–Crippen MR) is 83.6 cm³/mol. The summed E-state index contributed by atoms with van der Waals surface area (Å²) in [6.07, 6.45) is 2.56. The Morgan fingerprint density at radius 2 is 1.95 bits per heavy atom. The summed E-state index contributed by atoms with van der Waals surface area (Å²) in [5, 5.41) is 9.35. The lowest BCUT2D eigenvalue weighted by Gasteiger charge is -2.22. The number of nitrogens with two attached hydrogens (primary N) is 1. The molecule has 0 saturated heterocycles. The van der Waals surface area contributed by atoms with Gasteiger partial charge in [0.2, 0.25) is 10.0 Å².